The van der Waals surface area contributed by atoms with Crippen molar-refractivity contribution in [2.45, 2.75) is 341 Å². The number of aliphatic hydroxyl groups is 1. The van der Waals surface area contributed by atoms with Crippen LogP contribution in [0.4, 0.5) is 0 Å². The van der Waals surface area contributed by atoms with Gasteiger partial charge in [-0.1, -0.05) is 261 Å². The van der Waals surface area contributed by atoms with Crippen molar-refractivity contribution in [3.8, 4) is 0 Å². The lowest BCUT2D eigenvalue weighted by Gasteiger charge is -2.21. The van der Waals surface area contributed by atoms with E-state index in [1.54, 1.807) is 0 Å². The van der Waals surface area contributed by atoms with Gasteiger partial charge in [-0.3, -0.25) is 37.3 Å². The molecule has 0 aliphatic rings. The number of phosphoric acid groups is 2. The standard InChI is InChI=1S/C75H134O17P2/c1-5-9-13-17-21-25-29-31-33-34-36-37-41-44-48-52-56-60-73(78)86-66-71(92-75(80)62-58-54-50-46-42-38-35-32-30-26-22-18-14-10-6-2)68-90-94(83,84)88-64-69(76)63-87-93(81,82)89-67-70(91-74(79)61-57-53-49-45-40-28-24-20-16-12-8-4)65-85-72(77)59-55-51-47-43-39-27-23-19-15-11-7-3/h9,13,19,21,23,25,31-33,35-37,69-71,76H,5-8,10-12,14-18,20,22,24,26-30,34,38-68H2,1-4H3,(H,81,82)(H,83,84)/b13-9-,23-19-,25-21-,33-31-,35-32-,37-36-. The van der Waals surface area contributed by atoms with Crippen molar-refractivity contribution < 1.29 is 80.2 Å². The molecule has 0 fully saturated rings. The topological polar surface area (TPSA) is 237 Å². The first-order valence-corrected chi connectivity index (χ1v) is 40.2. The molecule has 0 saturated carbocycles. The maximum absolute atomic E-state index is 13.1. The van der Waals surface area contributed by atoms with Crippen LogP contribution < -0.4 is 0 Å². The normalized spacial score (nSPS) is 14.4. The van der Waals surface area contributed by atoms with Crippen LogP contribution in [-0.4, -0.2) is 96.7 Å². The van der Waals surface area contributed by atoms with Crippen LogP contribution in [0.5, 0.6) is 0 Å². The molecule has 0 radical (unpaired) electrons. The van der Waals surface area contributed by atoms with E-state index >= 15 is 0 Å². The molecular weight excluding hydrogens is 1230 g/mol. The van der Waals surface area contributed by atoms with Crippen LogP contribution in [0.2, 0.25) is 0 Å². The van der Waals surface area contributed by atoms with Gasteiger partial charge in [0.25, 0.3) is 0 Å². The number of allylic oxidation sites excluding steroid dienone is 12. The van der Waals surface area contributed by atoms with Gasteiger partial charge in [-0.25, -0.2) is 9.13 Å². The van der Waals surface area contributed by atoms with Crippen molar-refractivity contribution in [1.29, 1.82) is 0 Å². The van der Waals surface area contributed by atoms with Crippen LogP contribution in [0.1, 0.15) is 323 Å². The average Bonchev–Trinajstić information content (AvgIpc) is 1.29. The minimum Gasteiger partial charge on any atom is -0.462 e. The highest BCUT2D eigenvalue weighted by Gasteiger charge is 2.30. The smallest absolute Gasteiger partial charge is 0.462 e. The third-order valence-corrected chi connectivity index (χ3v) is 17.6. The van der Waals surface area contributed by atoms with E-state index in [1.165, 1.54) is 89.9 Å². The average molecular weight is 1370 g/mol. The molecule has 0 heterocycles. The Kier molecular flexibility index (Phi) is 65.5. The second kappa shape index (κ2) is 68.0. The zero-order valence-electron chi connectivity index (χ0n) is 59.4. The SMILES string of the molecule is CC/C=C\C/C=C\C/C=C\C/C=C\CCCCCCC(=O)OCC(COP(=O)(O)OCC(O)COP(=O)(O)OCC(COC(=O)CCCCCCC/C=C\CCCC)OC(=O)CCCCCCCCCCCCC)OC(=O)CCCCCCC/C=C\CCCCCCCC. The van der Waals surface area contributed by atoms with Gasteiger partial charge in [0.15, 0.2) is 12.2 Å². The van der Waals surface area contributed by atoms with Crippen LogP contribution in [-0.2, 0) is 65.4 Å². The largest absolute Gasteiger partial charge is 0.472 e. The van der Waals surface area contributed by atoms with E-state index in [0.29, 0.717) is 25.7 Å². The summed E-state index contributed by atoms with van der Waals surface area (Å²) in [6, 6.07) is 0. The molecule has 94 heavy (non-hydrogen) atoms. The van der Waals surface area contributed by atoms with Crippen molar-refractivity contribution in [2.24, 2.45) is 0 Å². The van der Waals surface area contributed by atoms with Gasteiger partial charge < -0.3 is 33.8 Å². The van der Waals surface area contributed by atoms with Crippen LogP contribution in [0.25, 0.3) is 0 Å². The number of ether oxygens (including phenoxy) is 4. The lowest BCUT2D eigenvalue weighted by molar-refractivity contribution is -0.161. The Hall–Kier alpha value is -3.50. The quantitative estimate of drug-likeness (QED) is 0.0169. The highest BCUT2D eigenvalue weighted by molar-refractivity contribution is 7.47. The number of hydrogen-bond donors (Lipinski definition) is 3. The first-order valence-electron chi connectivity index (χ1n) is 37.2. The fraction of sp³-hybridized carbons (Fsp3) is 0.787. The highest BCUT2D eigenvalue weighted by Crippen LogP contribution is 2.45. The monoisotopic (exact) mass is 1370 g/mol. The zero-order valence-corrected chi connectivity index (χ0v) is 61.2. The molecule has 0 spiro atoms. The minimum atomic E-state index is -4.97. The second-order valence-corrected chi connectivity index (χ2v) is 27.8. The van der Waals surface area contributed by atoms with E-state index in [9.17, 15) is 43.2 Å². The first-order chi connectivity index (χ1) is 45.7. The highest BCUT2D eigenvalue weighted by atomic mass is 31.2. The summed E-state index contributed by atoms with van der Waals surface area (Å²) in [4.78, 5) is 72.6. The Bertz CT molecular complexity index is 2070. The van der Waals surface area contributed by atoms with E-state index in [2.05, 4.69) is 101 Å². The van der Waals surface area contributed by atoms with Crippen LogP contribution >= 0.6 is 15.6 Å². The molecular formula is C75H134O17P2. The molecule has 0 rings (SSSR count). The number of unbranched alkanes of at least 4 members (excludes halogenated alkanes) is 32. The van der Waals surface area contributed by atoms with Crippen LogP contribution in [0.15, 0.2) is 72.9 Å². The minimum absolute atomic E-state index is 0.0817. The molecule has 19 heteroatoms. The number of phosphoric ester groups is 2. The fourth-order valence-corrected chi connectivity index (χ4v) is 11.5. The summed E-state index contributed by atoms with van der Waals surface area (Å²) >= 11 is 0. The van der Waals surface area contributed by atoms with Gasteiger partial charge in [0.1, 0.15) is 19.3 Å². The second-order valence-electron chi connectivity index (χ2n) is 24.9. The summed E-state index contributed by atoms with van der Waals surface area (Å²) in [6.07, 6.45) is 66.2. The maximum atomic E-state index is 13.1. The molecule has 3 N–H and O–H groups in total. The molecule has 0 aliphatic heterocycles. The fourth-order valence-electron chi connectivity index (χ4n) is 9.95. The van der Waals surface area contributed by atoms with Gasteiger partial charge in [0, 0.05) is 25.7 Å². The number of hydrogen-bond acceptors (Lipinski definition) is 15. The summed E-state index contributed by atoms with van der Waals surface area (Å²) < 4.78 is 68.3. The van der Waals surface area contributed by atoms with Crippen LogP contribution in [0, 0.1) is 0 Å². The Morgan fingerprint density at radius 1 is 0.309 bits per heavy atom. The predicted octanol–water partition coefficient (Wildman–Crippen LogP) is 20.9. The summed E-state index contributed by atoms with van der Waals surface area (Å²) in [7, 11) is -9.94. The predicted molar refractivity (Wildman–Crippen MR) is 381 cm³/mol. The van der Waals surface area contributed by atoms with Gasteiger partial charge in [0.2, 0.25) is 0 Å². The van der Waals surface area contributed by atoms with Crippen molar-refractivity contribution in [3.63, 3.8) is 0 Å². The first kappa shape index (κ1) is 90.5. The van der Waals surface area contributed by atoms with E-state index in [1.807, 2.05) is 0 Å². The summed E-state index contributed by atoms with van der Waals surface area (Å²) in [5.41, 5.74) is 0. The molecule has 546 valence electrons. The summed E-state index contributed by atoms with van der Waals surface area (Å²) in [6.45, 7) is 4.69. The maximum Gasteiger partial charge on any atom is 0.472 e. The summed E-state index contributed by atoms with van der Waals surface area (Å²) in [5, 5.41) is 10.6. The van der Waals surface area contributed by atoms with Crippen molar-refractivity contribution >= 4 is 39.5 Å². The van der Waals surface area contributed by atoms with E-state index in [-0.39, 0.29) is 25.7 Å². The molecule has 0 saturated heterocycles. The van der Waals surface area contributed by atoms with Crippen molar-refractivity contribution in [3.05, 3.63) is 72.9 Å². The van der Waals surface area contributed by atoms with E-state index < -0.39 is 97.5 Å². The van der Waals surface area contributed by atoms with Crippen molar-refractivity contribution in [2.75, 3.05) is 39.6 Å². The molecule has 5 unspecified atom stereocenters. The Morgan fingerprint density at radius 2 is 0.564 bits per heavy atom. The third kappa shape index (κ3) is 67.1. The molecule has 5 atom stereocenters. The molecule has 0 aromatic rings. The van der Waals surface area contributed by atoms with Gasteiger partial charge >= 0.3 is 39.5 Å². The molecule has 0 aromatic heterocycles. The number of carbonyl (C=O) groups is 4. The molecule has 17 nitrogen and oxygen atoms in total. The van der Waals surface area contributed by atoms with E-state index in [0.717, 1.165) is 154 Å². The Morgan fingerprint density at radius 3 is 0.894 bits per heavy atom. The molecule has 0 aromatic carbocycles. The number of rotatable bonds is 70. The lowest BCUT2D eigenvalue weighted by atomic mass is 10.1. The van der Waals surface area contributed by atoms with Gasteiger partial charge in [-0.2, -0.15) is 0 Å². The van der Waals surface area contributed by atoms with Crippen molar-refractivity contribution in [1.82, 2.24) is 0 Å². The third-order valence-electron chi connectivity index (χ3n) is 15.7. The van der Waals surface area contributed by atoms with E-state index in [4.69, 9.17) is 37.0 Å². The number of esters is 4. The van der Waals surface area contributed by atoms with Crippen LogP contribution in [0.3, 0.4) is 0 Å². The summed E-state index contributed by atoms with van der Waals surface area (Å²) in [5.74, 6) is -2.20. The molecule has 0 amide bonds. The Labute approximate surface area is 571 Å². The van der Waals surface area contributed by atoms with Gasteiger partial charge in [0.05, 0.1) is 26.4 Å². The number of carbonyl (C=O) groups excluding carboxylic acids is 4. The molecule has 0 bridgehead atoms. The zero-order chi connectivity index (χ0) is 69.0. The molecule has 0 aliphatic carbocycles. The number of aliphatic hydroxyl groups excluding tert-OH is 1. The Balaban J connectivity index is 5.33. The van der Waals surface area contributed by atoms with Gasteiger partial charge in [-0.15, -0.1) is 0 Å². The van der Waals surface area contributed by atoms with Gasteiger partial charge in [-0.05, 0) is 109 Å². The lowest BCUT2D eigenvalue weighted by Crippen LogP contribution is -2.30.